The van der Waals surface area contributed by atoms with Gasteiger partial charge in [0.1, 0.15) is 0 Å². The Morgan fingerprint density at radius 2 is 1.96 bits per heavy atom. The summed E-state index contributed by atoms with van der Waals surface area (Å²) in [7, 11) is 0. The van der Waals surface area contributed by atoms with E-state index in [2.05, 4.69) is 32.2 Å². The molecule has 3 aromatic heterocycles. The Morgan fingerprint density at radius 1 is 1.15 bits per heavy atom. The molecule has 0 unspecified atom stereocenters. The van der Waals surface area contributed by atoms with Crippen LogP contribution in [-0.2, 0) is 0 Å². The molecule has 7 nitrogen and oxygen atoms in total. The van der Waals surface area contributed by atoms with E-state index >= 15 is 0 Å². The quantitative estimate of drug-likeness (QED) is 0.583. The summed E-state index contributed by atoms with van der Waals surface area (Å²) in [6.07, 6.45) is 3.32. The molecule has 27 heavy (non-hydrogen) atoms. The first-order valence-electron chi connectivity index (χ1n) is 8.53. The van der Waals surface area contributed by atoms with Gasteiger partial charge in [0.15, 0.2) is 5.65 Å². The number of nitrogens with one attached hydrogen (secondary N) is 2. The fourth-order valence-corrected chi connectivity index (χ4v) is 3.58. The molecule has 134 valence electrons. The Morgan fingerprint density at radius 3 is 2.74 bits per heavy atom. The van der Waals surface area contributed by atoms with Crippen LogP contribution in [-0.4, -0.2) is 24.6 Å². The van der Waals surface area contributed by atoms with Gasteiger partial charge in [-0.1, -0.05) is 30.3 Å². The molecule has 1 aromatic carbocycles. The van der Waals surface area contributed by atoms with Gasteiger partial charge in [-0.2, -0.15) is 14.0 Å². The molecule has 0 aliphatic heterocycles. The minimum Gasteiger partial charge on any atom is -0.313 e. The van der Waals surface area contributed by atoms with Crippen molar-refractivity contribution in [3.05, 3.63) is 86.7 Å². The van der Waals surface area contributed by atoms with Crippen molar-refractivity contribution >= 4 is 5.65 Å². The zero-order valence-corrected chi connectivity index (χ0v) is 14.0. The number of fused-ring (bicyclic) bond motifs is 1. The molecule has 1 saturated carbocycles. The summed E-state index contributed by atoms with van der Waals surface area (Å²) in [6.45, 7) is 0. The van der Waals surface area contributed by atoms with Gasteiger partial charge < -0.3 is 4.98 Å². The van der Waals surface area contributed by atoms with Crippen LogP contribution in [0, 0.1) is 5.95 Å². The number of nitrogens with zero attached hydrogens (tertiary/aromatic N) is 3. The minimum atomic E-state index is -0.606. The second-order valence-electron chi connectivity index (χ2n) is 6.65. The van der Waals surface area contributed by atoms with Gasteiger partial charge in [0.05, 0.1) is 17.5 Å². The highest BCUT2D eigenvalue weighted by Gasteiger charge is 2.41. The van der Waals surface area contributed by atoms with Gasteiger partial charge in [-0.05, 0) is 29.9 Å². The van der Waals surface area contributed by atoms with Crippen molar-refractivity contribution in [2.45, 2.75) is 18.3 Å². The minimum absolute atomic E-state index is 0.167. The van der Waals surface area contributed by atoms with Crippen molar-refractivity contribution in [3.63, 3.8) is 0 Å². The van der Waals surface area contributed by atoms with Crippen LogP contribution in [0.2, 0.25) is 0 Å². The first-order chi connectivity index (χ1) is 13.1. The Balaban J connectivity index is 1.66. The van der Waals surface area contributed by atoms with Crippen molar-refractivity contribution < 1.29 is 4.39 Å². The number of H-pyrrole nitrogens is 2. The van der Waals surface area contributed by atoms with E-state index in [1.807, 2.05) is 18.2 Å². The van der Waals surface area contributed by atoms with E-state index in [-0.39, 0.29) is 17.2 Å². The lowest BCUT2D eigenvalue weighted by atomic mass is 10.0. The molecular weight excluding hydrogens is 349 g/mol. The first-order valence-corrected chi connectivity index (χ1v) is 8.53. The molecule has 0 radical (unpaired) electrons. The van der Waals surface area contributed by atoms with Crippen LogP contribution in [0.25, 0.3) is 16.9 Å². The monoisotopic (exact) mass is 363 g/mol. The average Bonchev–Trinajstić information content (AvgIpc) is 3.39. The Bertz CT molecular complexity index is 1270. The van der Waals surface area contributed by atoms with Gasteiger partial charge >= 0.3 is 5.69 Å². The van der Waals surface area contributed by atoms with E-state index < -0.39 is 17.2 Å². The second-order valence-corrected chi connectivity index (χ2v) is 6.65. The number of hydrogen-bond donors (Lipinski definition) is 2. The fourth-order valence-electron chi connectivity index (χ4n) is 3.58. The lowest BCUT2D eigenvalue weighted by molar-refractivity contribution is 0.549. The third-order valence-electron chi connectivity index (χ3n) is 4.97. The standard InChI is InChI=1S/C19H14FN5O2/c20-16-9-21-17-13(12-6-11(12)10-4-2-1-3-5-10)7-15(24-25(16)17)14-8-22-19(27)23-18(14)26/h1-5,7-9,11-12H,6H2,(H2,22,23,26,27)/t11-,12+/m1/s1. The van der Waals surface area contributed by atoms with Crippen molar-refractivity contribution in [1.82, 2.24) is 24.6 Å². The molecule has 2 N–H and O–H groups in total. The molecule has 0 bridgehead atoms. The van der Waals surface area contributed by atoms with Gasteiger partial charge in [-0.25, -0.2) is 9.78 Å². The Kier molecular flexibility index (Phi) is 3.33. The largest absolute Gasteiger partial charge is 0.325 e. The van der Waals surface area contributed by atoms with E-state index in [1.54, 1.807) is 6.07 Å². The molecule has 0 spiro atoms. The van der Waals surface area contributed by atoms with Crippen LogP contribution in [0.15, 0.2) is 58.4 Å². The summed E-state index contributed by atoms with van der Waals surface area (Å²) in [5, 5.41) is 4.20. The highest BCUT2D eigenvalue weighted by molar-refractivity contribution is 5.63. The number of aromatic amines is 2. The molecular formula is C19H14FN5O2. The molecule has 0 amide bonds. The predicted molar refractivity (Wildman–Crippen MR) is 96.2 cm³/mol. The Hall–Kier alpha value is -3.55. The molecule has 3 heterocycles. The van der Waals surface area contributed by atoms with Crippen molar-refractivity contribution in [3.8, 4) is 11.3 Å². The molecule has 5 rings (SSSR count). The maximum Gasteiger partial charge on any atom is 0.325 e. The van der Waals surface area contributed by atoms with Gasteiger partial charge in [-0.15, -0.1) is 0 Å². The van der Waals surface area contributed by atoms with Crippen LogP contribution < -0.4 is 11.2 Å². The molecule has 1 aliphatic carbocycles. The highest BCUT2D eigenvalue weighted by Crippen LogP contribution is 2.55. The molecule has 4 aromatic rings. The third-order valence-corrected chi connectivity index (χ3v) is 4.97. The summed E-state index contributed by atoms with van der Waals surface area (Å²) < 4.78 is 15.3. The van der Waals surface area contributed by atoms with E-state index in [0.717, 1.165) is 22.7 Å². The third kappa shape index (κ3) is 2.57. The lowest BCUT2D eigenvalue weighted by Gasteiger charge is -2.07. The van der Waals surface area contributed by atoms with Gasteiger partial charge in [-0.3, -0.25) is 9.78 Å². The second kappa shape index (κ2) is 5.73. The highest BCUT2D eigenvalue weighted by atomic mass is 19.1. The Labute approximate surface area is 151 Å². The predicted octanol–water partition coefficient (Wildman–Crippen LogP) is 2.18. The van der Waals surface area contributed by atoms with Crippen LogP contribution in [0.5, 0.6) is 0 Å². The summed E-state index contributed by atoms with van der Waals surface area (Å²) >= 11 is 0. The van der Waals surface area contributed by atoms with Crippen LogP contribution in [0.4, 0.5) is 4.39 Å². The summed E-state index contributed by atoms with van der Waals surface area (Å²) in [5.41, 5.74) is 1.77. The number of benzene rings is 1. The van der Waals surface area contributed by atoms with Crippen molar-refractivity contribution in [2.24, 2.45) is 0 Å². The number of imidazole rings is 1. The van der Waals surface area contributed by atoms with Gasteiger partial charge in [0.25, 0.3) is 5.56 Å². The smallest absolute Gasteiger partial charge is 0.313 e. The van der Waals surface area contributed by atoms with Crippen molar-refractivity contribution in [1.29, 1.82) is 0 Å². The molecule has 1 fully saturated rings. The molecule has 0 saturated heterocycles. The van der Waals surface area contributed by atoms with Gasteiger partial charge in [0, 0.05) is 11.8 Å². The maximum atomic E-state index is 14.2. The normalized spacial score (nSPS) is 18.7. The molecule has 2 atom stereocenters. The number of hydrogen-bond acceptors (Lipinski definition) is 4. The zero-order valence-electron chi connectivity index (χ0n) is 14.0. The summed E-state index contributed by atoms with van der Waals surface area (Å²) in [4.78, 5) is 32.2. The van der Waals surface area contributed by atoms with Crippen LogP contribution in [0.1, 0.15) is 29.4 Å². The van der Waals surface area contributed by atoms with E-state index in [1.165, 1.54) is 11.8 Å². The fraction of sp³-hybridized carbons (Fsp3) is 0.158. The number of rotatable bonds is 3. The number of halogens is 1. The van der Waals surface area contributed by atoms with E-state index in [4.69, 9.17) is 0 Å². The SMILES string of the molecule is O=c1[nH]cc(-c2cc([C@H]3C[C@@H]3c3ccccc3)c3ncc(F)n3n2)c(=O)[nH]1. The van der Waals surface area contributed by atoms with Crippen LogP contribution in [0.3, 0.4) is 0 Å². The van der Waals surface area contributed by atoms with Gasteiger partial charge in [0.2, 0.25) is 5.95 Å². The van der Waals surface area contributed by atoms with E-state index in [9.17, 15) is 14.0 Å². The first kappa shape index (κ1) is 15.7. The topological polar surface area (TPSA) is 95.9 Å². The van der Waals surface area contributed by atoms with Crippen molar-refractivity contribution in [2.75, 3.05) is 0 Å². The van der Waals surface area contributed by atoms with Crippen LogP contribution >= 0.6 is 0 Å². The molecule has 1 aliphatic rings. The summed E-state index contributed by atoms with van der Waals surface area (Å²) in [5.74, 6) is -0.120. The lowest BCUT2D eigenvalue weighted by Crippen LogP contribution is -2.23. The maximum absolute atomic E-state index is 14.2. The molecule has 8 heteroatoms. The van der Waals surface area contributed by atoms with E-state index in [0.29, 0.717) is 11.6 Å². The summed E-state index contributed by atoms with van der Waals surface area (Å²) in [6, 6.07) is 11.9. The average molecular weight is 363 g/mol. The number of aromatic nitrogens is 5. The zero-order chi connectivity index (χ0) is 18.5.